The van der Waals surface area contributed by atoms with Crippen molar-refractivity contribution >= 4 is 29.2 Å². The largest absolute Gasteiger partial charge is 0.473 e. The minimum Gasteiger partial charge on any atom is -0.473 e. The summed E-state index contributed by atoms with van der Waals surface area (Å²) in [6.07, 6.45) is 2.91. The molecule has 1 unspecified atom stereocenters. The maximum Gasteiger partial charge on any atom is 0.339 e. The Hall–Kier alpha value is -3.57. The molecule has 0 saturated carbocycles. The van der Waals surface area contributed by atoms with Crippen molar-refractivity contribution in [2.75, 3.05) is 39.2 Å². The highest BCUT2D eigenvalue weighted by molar-refractivity contribution is 6.30. The monoisotopic (exact) mass is 625 g/mol. The standard InChI is InChI=1S/C33H37ClFN3O6/c1-41-31(19-29(39)37-32-22(17-25-13-16-43-25)5-3-6-26(32)33(40)42-2)38-14-11-21(12-15-38)28-7-4-8-30(36-28)44-20-23-9-10-24(34)18-27(23)35/h3-10,18,21,25,31H,11-17,19-20H2,1-2H3,(H,37,39)/t25-,31?/m1/s1. The van der Waals surface area contributed by atoms with Gasteiger partial charge in [0.2, 0.25) is 11.8 Å². The number of nitrogens with one attached hydrogen (secondary N) is 1. The van der Waals surface area contributed by atoms with Gasteiger partial charge in [0.25, 0.3) is 0 Å². The summed E-state index contributed by atoms with van der Waals surface area (Å²) in [7, 11) is 2.92. The summed E-state index contributed by atoms with van der Waals surface area (Å²) >= 11 is 5.84. The van der Waals surface area contributed by atoms with Crippen LogP contribution in [0.2, 0.25) is 5.02 Å². The highest BCUT2D eigenvalue weighted by Gasteiger charge is 2.29. The Balaban J connectivity index is 1.17. The predicted octanol–water partition coefficient (Wildman–Crippen LogP) is 5.75. The normalized spacial score (nSPS) is 17.9. The van der Waals surface area contributed by atoms with Crippen LogP contribution in [0.1, 0.15) is 58.8 Å². The topological polar surface area (TPSA) is 99.2 Å². The highest BCUT2D eigenvalue weighted by atomic mass is 35.5. The lowest BCUT2D eigenvalue weighted by molar-refractivity contribution is -0.123. The molecule has 5 rings (SSSR count). The minimum absolute atomic E-state index is 0.0510. The van der Waals surface area contributed by atoms with Crippen LogP contribution in [0.25, 0.3) is 0 Å². The molecule has 2 aliphatic rings. The molecule has 0 aliphatic carbocycles. The number of benzene rings is 2. The molecule has 0 radical (unpaired) electrons. The summed E-state index contributed by atoms with van der Waals surface area (Å²) in [5.74, 6) is -0.548. The van der Waals surface area contributed by atoms with Gasteiger partial charge >= 0.3 is 5.97 Å². The Bertz CT molecular complexity index is 1460. The van der Waals surface area contributed by atoms with Crippen LogP contribution in [0, 0.1) is 5.82 Å². The lowest BCUT2D eigenvalue weighted by atomic mass is 9.92. The first-order valence-electron chi connectivity index (χ1n) is 14.8. The van der Waals surface area contributed by atoms with E-state index >= 15 is 0 Å². The predicted molar refractivity (Wildman–Crippen MR) is 163 cm³/mol. The number of amides is 1. The number of carbonyl (C=O) groups excluding carboxylic acids is 2. The number of pyridine rings is 1. The van der Waals surface area contributed by atoms with Crippen LogP contribution in [-0.2, 0) is 32.0 Å². The summed E-state index contributed by atoms with van der Waals surface area (Å²) in [5.41, 5.74) is 2.91. The van der Waals surface area contributed by atoms with E-state index in [1.54, 1.807) is 37.4 Å². The summed E-state index contributed by atoms with van der Waals surface area (Å²) in [4.78, 5) is 32.6. The number of hydrogen-bond acceptors (Lipinski definition) is 8. The molecule has 11 heteroatoms. The average Bonchev–Trinajstić information content (AvgIpc) is 3.01. The number of para-hydroxylation sites is 1. The molecule has 234 valence electrons. The Kier molecular flexibility index (Phi) is 10.8. The van der Waals surface area contributed by atoms with Gasteiger partial charge in [0, 0.05) is 61.5 Å². The molecule has 2 aliphatic heterocycles. The fourth-order valence-corrected chi connectivity index (χ4v) is 5.77. The molecule has 3 aromatic rings. The van der Waals surface area contributed by atoms with Crippen LogP contribution in [0.5, 0.6) is 5.88 Å². The lowest BCUT2D eigenvalue weighted by Gasteiger charge is -2.36. The number of carbonyl (C=O) groups is 2. The Morgan fingerprint density at radius 2 is 1.86 bits per heavy atom. The van der Waals surface area contributed by atoms with Gasteiger partial charge < -0.3 is 24.3 Å². The van der Waals surface area contributed by atoms with Crippen molar-refractivity contribution in [1.29, 1.82) is 0 Å². The fraction of sp³-hybridized carbons (Fsp3) is 0.424. The molecule has 1 amide bonds. The van der Waals surface area contributed by atoms with E-state index in [9.17, 15) is 14.0 Å². The molecule has 2 atom stereocenters. The van der Waals surface area contributed by atoms with E-state index < -0.39 is 18.0 Å². The zero-order valence-electron chi connectivity index (χ0n) is 24.9. The number of ether oxygens (including phenoxy) is 4. The van der Waals surface area contributed by atoms with Crippen LogP contribution in [0.3, 0.4) is 0 Å². The maximum absolute atomic E-state index is 14.1. The number of anilines is 1. The quantitative estimate of drug-likeness (QED) is 0.254. The first kappa shape index (κ1) is 31.8. The first-order chi connectivity index (χ1) is 21.3. The second kappa shape index (κ2) is 14.9. The van der Waals surface area contributed by atoms with Crippen molar-refractivity contribution in [2.24, 2.45) is 0 Å². The Labute approximate surface area is 261 Å². The maximum atomic E-state index is 14.1. The van der Waals surface area contributed by atoms with Gasteiger partial charge in [-0.05, 0) is 49.1 Å². The number of likely N-dealkylation sites (tertiary alicyclic amines) is 1. The van der Waals surface area contributed by atoms with Crippen molar-refractivity contribution in [3.8, 4) is 5.88 Å². The molecule has 1 aromatic heterocycles. The Morgan fingerprint density at radius 1 is 1.09 bits per heavy atom. The number of halogens is 2. The van der Waals surface area contributed by atoms with E-state index in [2.05, 4.69) is 15.2 Å². The third-order valence-corrected chi connectivity index (χ3v) is 8.42. The molecule has 3 heterocycles. The van der Waals surface area contributed by atoms with Gasteiger partial charge in [-0.3, -0.25) is 9.69 Å². The number of methoxy groups -OCH3 is 2. The molecule has 44 heavy (non-hydrogen) atoms. The van der Waals surface area contributed by atoms with E-state index in [0.29, 0.717) is 47.2 Å². The second-order valence-corrected chi connectivity index (χ2v) is 11.4. The lowest BCUT2D eigenvalue weighted by Crippen LogP contribution is -2.44. The number of piperidine rings is 1. The zero-order chi connectivity index (χ0) is 31.1. The van der Waals surface area contributed by atoms with Crippen molar-refractivity contribution in [3.05, 3.63) is 87.8 Å². The molecule has 0 spiro atoms. The van der Waals surface area contributed by atoms with E-state index in [-0.39, 0.29) is 31.0 Å². The summed E-state index contributed by atoms with van der Waals surface area (Å²) in [6.45, 7) is 2.19. The number of hydrogen-bond donors (Lipinski definition) is 1. The number of esters is 1. The van der Waals surface area contributed by atoms with Crippen molar-refractivity contribution < 1.29 is 32.9 Å². The fourth-order valence-electron chi connectivity index (χ4n) is 5.61. The number of aromatic nitrogens is 1. The van der Waals surface area contributed by atoms with Gasteiger partial charge in [0.15, 0.2) is 0 Å². The molecule has 2 aromatic carbocycles. The van der Waals surface area contributed by atoms with Crippen LogP contribution in [0.15, 0.2) is 54.6 Å². The average molecular weight is 626 g/mol. The van der Waals surface area contributed by atoms with Crippen LogP contribution in [-0.4, -0.2) is 68.0 Å². The van der Waals surface area contributed by atoms with Gasteiger partial charge in [0.05, 0.1) is 30.9 Å². The van der Waals surface area contributed by atoms with E-state index in [0.717, 1.165) is 37.1 Å². The summed E-state index contributed by atoms with van der Waals surface area (Å²) in [5, 5.41) is 3.30. The molecular formula is C33H37ClFN3O6. The van der Waals surface area contributed by atoms with Crippen LogP contribution >= 0.6 is 11.6 Å². The van der Waals surface area contributed by atoms with Gasteiger partial charge in [-0.25, -0.2) is 14.2 Å². The number of nitrogens with zero attached hydrogens (tertiary/aromatic N) is 2. The van der Waals surface area contributed by atoms with Crippen molar-refractivity contribution in [3.63, 3.8) is 0 Å². The van der Waals surface area contributed by atoms with E-state index in [1.807, 2.05) is 18.2 Å². The first-order valence-corrected chi connectivity index (χ1v) is 15.1. The van der Waals surface area contributed by atoms with Gasteiger partial charge in [-0.2, -0.15) is 0 Å². The van der Waals surface area contributed by atoms with Gasteiger partial charge in [0.1, 0.15) is 18.7 Å². The van der Waals surface area contributed by atoms with Crippen molar-refractivity contribution in [1.82, 2.24) is 9.88 Å². The summed E-state index contributed by atoms with van der Waals surface area (Å²) in [6, 6.07) is 15.4. The molecule has 2 saturated heterocycles. The zero-order valence-corrected chi connectivity index (χ0v) is 25.6. The second-order valence-electron chi connectivity index (χ2n) is 11.0. The molecule has 1 N–H and O–H groups in total. The van der Waals surface area contributed by atoms with E-state index in [4.69, 9.17) is 30.5 Å². The molecule has 2 fully saturated rings. The summed E-state index contributed by atoms with van der Waals surface area (Å²) < 4.78 is 36.2. The highest BCUT2D eigenvalue weighted by Crippen LogP contribution is 2.31. The van der Waals surface area contributed by atoms with Crippen LogP contribution < -0.4 is 10.1 Å². The molecule has 0 bridgehead atoms. The third kappa shape index (κ3) is 7.92. The SMILES string of the molecule is COC(=O)c1cccc(C[C@H]2CCO2)c1NC(=O)CC(OC)N1CCC(c2cccc(OCc3ccc(Cl)cc3F)n2)CC1. The van der Waals surface area contributed by atoms with E-state index in [1.165, 1.54) is 13.2 Å². The van der Waals surface area contributed by atoms with Gasteiger partial charge in [-0.15, -0.1) is 0 Å². The smallest absolute Gasteiger partial charge is 0.339 e. The third-order valence-electron chi connectivity index (χ3n) is 8.18. The van der Waals surface area contributed by atoms with Gasteiger partial charge in [-0.1, -0.05) is 35.9 Å². The molecule has 9 nitrogen and oxygen atoms in total. The number of rotatable bonds is 12. The Morgan fingerprint density at radius 3 is 2.55 bits per heavy atom. The minimum atomic E-state index is -0.512. The molecular weight excluding hydrogens is 589 g/mol. The van der Waals surface area contributed by atoms with Crippen molar-refractivity contribution in [2.45, 2.75) is 57.0 Å². The van der Waals surface area contributed by atoms with Crippen LogP contribution in [0.4, 0.5) is 10.1 Å².